The van der Waals surface area contributed by atoms with Crippen molar-refractivity contribution in [3.8, 4) is 11.6 Å². The number of pyridine rings is 1. The Labute approximate surface area is 168 Å². The Kier molecular flexibility index (Phi) is 6.12. The lowest BCUT2D eigenvalue weighted by Crippen LogP contribution is -2.41. The Morgan fingerprint density at radius 2 is 2.00 bits per heavy atom. The van der Waals surface area contributed by atoms with E-state index in [1.165, 1.54) is 0 Å². The molecule has 0 aliphatic carbocycles. The van der Waals surface area contributed by atoms with E-state index in [4.69, 9.17) is 9.47 Å². The van der Waals surface area contributed by atoms with Crippen molar-refractivity contribution in [2.24, 2.45) is 5.92 Å². The van der Waals surface area contributed by atoms with Crippen molar-refractivity contribution >= 4 is 11.0 Å². The lowest BCUT2D eigenvalue weighted by atomic mass is 9.97. The third-order valence-corrected chi connectivity index (χ3v) is 5.22. The van der Waals surface area contributed by atoms with Crippen molar-refractivity contribution in [3.05, 3.63) is 53.1 Å². The van der Waals surface area contributed by atoms with Gasteiger partial charge in [0.25, 0.3) is 0 Å². The van der Waals surface area contributed by atoms with Gasteiger partial charge in [-0.25, -0.2) is 9.78 Å². The molecule has 1 aliphatic heterocycles. The summed E-state index contributed by atoms with van der Waals surface area (Å²) in [5.74, 6) is 1.73. The van der Waals surface area contributed by atoms with Crippen LogP contribution in [-0.2, 0) is 0 Å². The molecule has 0 bridgehead atoms. The molecule has 3 aromatic rings. The van der Waals surface area contributed by atoms with E-state index in [0.29, 0.717) is 41.7 Å². The average Bonchev–Trinajstić information content (AvgIpc) is 3.13. The van der Waals surface area contributed by atoms with Gasteiger partial charge in [0, 0.05) is 18.8 Å². The summed E-state index contributed by atoms with van der Waals surface area (Å²) in [4.78, 5) is 23.3. The number of hydrogen-bond acceptors (Lipinski definition) is 6. The van der Waals surface area contributed by atoms with E-state index >= 15 is 0 Å². The number of fused-ring (bicyclic) bond motifs is 1. The smallest absolute Gasteiger partial charge is 0.323 e. The second-order valence-electron chi connectivity index (χ2n) is 7.45. The number of aromatic amines is 2. The molecule has 4 rings (SSSR count). The lowest BCUT2D eigenvalue weighted by Gasteiger charge is -2.32. The minimum Gasteiger partial charge on any atom is -0.489 e. The first-order valence-corrected chi connectivity index (χ1v) is 9.95. The number of ether oxygens (including phenoxy) is 2. The van der Waals surface area contributed by atoms with E-state index in [0.717, 1.165) is 25.9 Å². The number of β-amino-alcohol motifs (C(OH)–C–C–N with tert-alkyl or cyclic N) is 1. The number of hydrogen-bond donors (Lipinski definition) is 3. The second kappa shape index (κ2) is 9.11. The number of para-hydroxylation sites is 1. The molecule has 0 amide bonds. The van der Waals surface area contributed by atoms with Crippen LogP contribution >= 0.6 is 0 Å². The first kappa shape index (κ1) is 19.5. The fourth-order valence-corrected chi connectivity index (χ4v) is 3.66. The Morgan fingerprint density at radius 1 is 1.14 bits per heavy atom. The zero-order valence-electron chi connectivity index (χ0n) is 16.2. The molecule has 29 heavy (non-hydrogen) atoms. The van der Waals surface area contributed by atoms with Crippen LogP contribution in [0.5, 0.6) is 11.6 Å². The molecule has 0 radical (unpaired) electrons. The van der Waals surface area contributed by atoms with Crippen molar-refractivity contribution in [2.75, 3.05) is 32.8 Å². The Bertz CT molecular complexity index is 963. The summed E-state index contributed by atoms with van der Waals surface area (Å²) in [5.41, 5.74) is 1.04. The summed E-state index contributed by atoms with van der Waals surface area (Å²) in [6, 6.07) is 11.1. The molecule has 8 heteroatoms. The van der Waals surface area contributed by atoms with Crippen LogP contribution in [0.1, 0.15) is 12.8 Å². The molecule has 1 aromatic carbocycles. The van der Waals surface area contributed by atoms with Gasteiger partial charge in [0.15, 0.2) is 0 Å². The fraction of sp³-hybridized carbons (Fsp3) is 0.429. The van der Waals surface area contributed by atoms with Gasteiger partial charge in [-0.2, -0.15) is 0 Å². The third-order valence-electron chi connectivity index (χ3n) is 5.22. The van der Waals surface area contributed by atoms with Crippen LogP contribution in [0.4, 0.5) is 0 Å². The Balaban J connectivity index is 1.19. The number of imidazole rings is 1. The highest BCUT2D eigenvalue weighted by Gasteiger charge is 2.22. The molecule has 2 aromatic heterocycles. The number of aromatic nitrogens is 3. The molecule has 1 aliphatic rings. The summed E-state index contributed by atoms with van der Waals surface area (Å²) in [6.07, 6.45) is 3.20. The minimum absolute atomic E-state index is 0.176. The summed E-state index contributed by atoms with van der Waals surface area (Å²) >= 11 is 0. The fourth-order valence-electron chi connectivity index (χ4n) is 3.66. The highest BCUT2D eigenvalue weighted by atomic mass is 16.5. The summed E-state index contributed by atoms with van der Waals surface area (Å²) in [5, 5.41) is 10.4. The number of aliphatic hydroxyl groups is 1. The van der Waals surface area contributed by atoms with Crippen LogP contribution in [0.2, 0.25) is 0 Å². The van der Waals surface area contributed by atoms with Gasteiger partial charge in [-0.3, -0.25) is 0 Å². The number of piperidine rings is 1. The van der Waals surface area contributed by atoms with Gasteiger partial charge in [0.1, 0.15) is 24.0 Å². The van der Waals surface area contributed by atoms with Crippen LogP contribution in [0.3, 0.4) is 0 Å². The first-order chi connectivity index (χ1) is 14.2. The maximum absolute atomic E-state index is 11.5. The summed E-state index contributed by atoms with van der Waals surface area (Å²) < 4.78 is 11.5. The lowest BCUT2D eigenvalue weighted by molar-refractivity contribution is 0.0504. The average molecular weight is 398 g/mol. The van der Waals surface area contributed by atoms with E-state index in [9.17, 15) is 9.90 Å². The predicted molar refractivity (Wildman–Crippen MR) is 109 cm³/mol. The van der Waals surface area contributed by atoms with E-state index in [1.54, 1.807) is 18.3 Å². The molecular formula is C21H26N4O4. The number of aliphatic hydroxyl groups excluding tert-OH is 1. The van der Waals surface area contributed by atoms with E-state index < -0.39 is 6.10 Å². The highest BCUT2D eigenvalue weighted by Crippen LogP contribution is 2.22. The number of H-pyrrole nitrogens is 2. The van der Waals surface area contributed by atoms with Crippen LogP contribution in [0.25, 0.3) is 11.0 Å². The quantitative estimate of drug-likeness (QED) is 0.534. The topological polar surface area (TPSA) is 103 Å². The van der Waals surface area contributed by atoms with Crippen molar-refractivity contribution in [2.45, 2.75) is 18.9 Å². The SMILES string of the molecule is O=c1[nH]c2cccc(OCC(O)CN3CCC(COc4ccccn4)CC3)c2[nH]1. The molecule has 1 fully saturated rings. The molecule has 0 spiro atoms. The molecule has 8 nitrogen and oxygen atoms in total. The summed E-state index contributed by atoms with van der Waals surface area (Å²) in [7, 11) is 0. The van der Waals surface area contributed by atoms with Gasteiger partial charge in [0.05, 0.1) is 12.1 Å². The maximum Gasteiger partial charge on any atom is 0.323 e. The maximum atomic E-state index is 11.5. The molecule has 0 saturated carbocycles. The Hall–Kier alpha value is -2.84. The largest absolute Gasteiger partial charge is 0.489 e. The monoisotopic (exact) mass is 398 g/mol. The van der Waals surface area contributed by atoms with E-state index in [1.807, 2.05) is 24.3 Å². The van der Waals surface area contributed by atoms with Gasteiger partial charge >= 0.3 is 5.69 Å². The standard InChI is InChI=1S/C21H26N4O4/c26-16(14-28-18-5-3-4-17-20(18)24-21(27)23-17)12-25-10-7-15(8-11-25)13-29-19-6-1-2-9-22-19/h1-6,9,15-16,26H,7-8,10-14H2,(H2,23,24,27). The minimum atomic E-state index is -0.600. The number of nitrogens with one attached hydrogen (secondary N) is 2. The normalized spacial score (nSPS) is 16.7. The Morgan fingerprint density at radius 3 is 2.79 bits per heavy atom. The zero-order chi connectivity index (χ0) is 20.1. The highest BCUT2D eigenvalue weighted by molar-refractivity contribution is 5.80. The van der Waals surface area contributed by atoms with Gasteiger partial charge in [-0.05, 0) is 50.0 Å². The van der Waals surface area contributed by atoms with Gasteiger partial charge in [0.2, 0.25) is 5.88 Å². The van der Waals surface area contributed by atoms with E-state index in [-0.39, 0.29) is 12.3 Å². The van der Waals surface area contributed by atoms with Crippen LogP contribution in [0, 0.1) is 5.92 Å². The molecule has 3 heterocycles. The number of rotatable bonds is 8. The van der Waals surface area contributed by atoms with E-state index in [2.05, 4.69) is 19.9 Å². The van der Waals surface area contributed by atoms with Gasteiger partial charge in [-0.1, -0.05) is 12.1 Å². The van der Waals surface area contributed by atoms with Crippen molar-refractivity contribution in [1.29, 1.82) is 0 Å². The number of benzene rings is 1. The molecule has 1 unspecified atom stereocenters. The summed E-state index contributed by atoms with van der Waals surface area (Å²) in [6.45, 7) is 3.26. The van der Waals surface area contributed by atoms with Crippen LogP contribution < -0.4 is 15.2 Å². The van der Waals surface area contributed by atoms with Gasteiger partial charge < -0.3 is 29.4 Å². The zero-order valence-corrected chi connectivity index (χ0v) is 16.2. The van der Waals surface area contributed by atoms with Crippen LogP contribution in [-0.4, -0.2) is 63.9 Å². The van der Waals surface area contributed by atoms with Crippen molar-refractivity contribution in [1.82, 2.24) is 19.9 Å². The van der Waals surface area contributed by atoms with Crippen LogP contribution in [0.15, 0.2) is 47.4 Å². The predicted octanol–water partition coefficient (Wildman–Crippen LogP) is 1.78. The van der Waals surface area contributed by atoms with Gasteiger partial charge in [-0.15, -0.1) is 0 Å². The molecule has 1 atom stereocenters. The molecule has 154 valence electrons. The molecule has 1 saturated heterocycles. The second-order valence-corrected chi connectivity index (χ2v) is 7.45. The number of nitrogens with zero attached hydrogens (tertiary/aromatic N) is 2. The number of likely N-dealkylation sites (tertiary alicyclic amines) is 1. The third kappa shape index (κ3) is 5.16. The molecular weight excluding hydrogens is 372 g/mol. The van der Waals surface area contributed by atoms with Crippen molar-refractivity contribution < 1.29 is 14.6 Å². The molecule has 3 N–H and O–H groups in total. The van der Waals surface area contributed by atoms with Crippen molar-refractivity contribution in [3.63, 3.8) is 0 Å². The first-order valence-electron chi connectivity index (χ1n) is 9.95.